The lowest BCUT2D eigenvalue weighted by Crippen LogP contribution is -2.27. The summed E-state index contributed by atoms with van der Waals surface area (Å²) in [4.78, 5) is 11.8. The van der Waals surface area contributed by atoms with E-state index in [-0.39, 0.29) is 25.5 Å². The van der Waals surface area contributed by atoms with Crippen LogP contribution in [0.5, 0.6) is 0 Å². The smallest absolute Gasteiger partial charge is 0.335 e. The van der Waals surface area contributed by atoms with Crippen molar-refractivity contribution in [1.29, 1.82) is 0 Å². The summed E-state index contributed by atoms with van der Waals surface area (Å²) in [6, 6.07) is 16.3. The Morgan fingerprint density at radius 2 is 1.64 bits per heavy atom. The molecule has 0 saturated carbocycles. The van der Waals surface area contributed by atoms with Crippen molar-refractivity contribution in [1.82, 2.24) is 0 Å². The first-order valence-electron chi connectivity index (χ1n) is 7.45. The van der Waals surface area contributed by atoms with Gasteiger partial charge in [-0.3, -0.25) is 0 Å². The molecule has 2 aromatic rings. The fourth-order valence-corrected chi connectivity index (χ4v) is 2.98. The number of rotatable bonds is 5. The maximum atomic E-state index is 11.8. The monoisotopic (exact) mass is 297 g/mol. The summed E-state index contributed by atoms with van der Waals surface area (Å²) < 4.78 is 5.31. The van der Waals surface area contributed by atoms with Gasteiger partial charge in [0.05, 0.1) is 0 Å². The van der Waals surface area contributed by atoms with Gasteiger partial charge in [-0.15, -0.1) is 0 Å². The van der Waals surface area contributed by atoms with Crippen LogP contribution >= 0.6 is 0 Å². The number of fused-ring (bicyclic) bond motifs is 3. The van der Waals surface area contributed by atoms with Gasteiger partial charge in [-0.2, -0.15) is 0 Å². The third kappa shape index (κ3) is 2.63. The summed E-state index contributed by atoms with van der Waals surface area (Å²) in [6.45, 7) is 0.486. The molecule has 114 valence electrons. The Bertz CT molecular complexity index is 638. The topological polar surface area (TPSA) is 72.5 Å². The van der Waals surface area contributed by atoms with Gasteiger partial charge in [-0.05, 0) is 35.2 Å². The van der Waals surface area contributed by atoms with Crippen LogP contribution in [-0.2, 0) is 9.53 Å². The minimum Gasteiger partial charge on any atom is -0.463 e. The summed E-state index contributed by atoms with van der Waals surface area (Å²) in [7, 11) is 0. The van der Waals surface area contributed by atoms with E-state index >= 15 is 0 Å². The second-order valence-corrected chi connectivity index (χ2v) is 5.45. The quantitative estimate of drug-likeness (QED) is 0.829. The molecule has 22 heavy (non-hydrogen) atoms. The molecule has 0 amide bonds. The lowest BCUT2D eigenvalue weighted by Gasteiger charge is -2.15. The molecule has 3 N–H and O–H groups in total. The maximum Gasteiger partial charge on any atom is 0.335 e. The molecule has 4 heteroatoms. The predicted octanol–water partition coefficient (Wildman–Crippen LogP) is 2.05. The van der Waals surface area contributed by atoms with Gasteiger partial charge in [0, 0.05) is 5.92 Å². The van der Waals surface area contributed by atoms with Crippen LogP contribution in [0.1, 0.15) is 23.5 Å². The second kappa shape index (κ2) is 6.30. The van der Waals surface area contributed by atoms with Crippen molar-refractivity contribution >= 4 is 5.97 Å². The minimum absolute atomic E-state index is 0.0152. The fraction of sp³-hybridized carbons (Fsp3) is 0.278. The second-order valence-electron chi connectivity index (χ2n) is 5.45. The summed E-state index contributed by atoms with van der Waals surface area (Å²) in [5, 5.41) is 9.63. The van der Waals surface area contributed by atoms with Crippen molar-refractivity contribution in [2.75, 3.05) is 13.2 Å². The van der Waals surface area contributed by atoms with Crippen LogP contribution in [0.3, 0.4) is 0 Å². The minimum atomic E-state index is -1.14. The molecule has 0 saturated heterocycles. The molecule has 0 fully saturated rings. The molecule has 0 radical (unpaired) electrons. The number of nitrogens with two attached hydrogens (primary N) is 1. The first kappa shape index (κ1) is 14.8. The zero-order valence-electron chi connectivity index (χ0n) is 12.2. The van der Waals surface area contributed by atoms with Crippen molar-refractivity contribution in [3.63, 3.8) is 0 Å². The third-order valence-electron chi connectivity index (χ3n) is 4.07. The van der Waals surface area contributed by atoms with E-state index in [4.69, 9.17) is 10.5 Å². The number of ether oxygens (including phenoxy) is 1. The molecular formula is C18H19NO3. The molecule has 0 aliphatic heterocycles. The van der Waals surface area contributed by atoms with E-state index in [1.54, 1.807) is 0 Å². The number of esters is 1. The molecule has 0 bridgehead atoms. The highest BCUT2D eigenvalue weighted by molar-refractivity contribution is 5.79. The van der Waals surface area contributed by atoms with Gasteiger partial charge in [0.2, 0.25) is 0 Å². The number of carbonyl (C=O) groups excluding carboxylic acids is 1. The van der Waals surface area contributed by atoms with Crippen molar-refractivity contribution in [2.45, 2.75) is 18.4 Å². The van der Waals surface area contributed by atoms with Crippen LogP contribution < -0.4 is 5.73 Å². The average Bonchev–Trinajstić information content (AvgIpc) is 2.87. The van der Waals surface area contributed by atoms with Crippen LogP contribution in [0.4, 0.5) is 0 Å². The van der Waals surface area contributed by atoms with Gasteiger partial charge < -0.3 is 15.6 Å². The summed E-state index contributed by atoms with van der Waals surface area (Å²) in [5.74, 6) is -0.589. The van der Waals surface area contributed by atoms with Crippen molar-refractivity contribution in [2.24, 2.45) is 5.73 Å². The number of aliphatic hydroxyl groups excluding tert-OH is 1. The lowest BCUT2D eigenvalue weighted by molar-refractivity contribution is -0.154. The SMILES string of the molecule is NCCC(O)C(=O)OCC1c2ccccc2-c2ccccc21. The Labute approximate surface area is 129 Å². The van der Waals surface area contributed by atoms with E-state index in [0.29, 0.717) is 0 Å². The average molecular weight is 297 g/mol. The summed E-state index contributed by atoms with van der Waals surface area (Å²) in [5.41, 5.74) is 10.0. The van der Waals surface area contributed by atoms with Gasteiger partial charge in [0.15, 0.2) is 6.10 Å². The van der Waals surface area contributed by atoms with Crippen LogP contribution in [0.2, 0.25) is 0 Å². The van der Waals surface area contributed by atoms with E-state index < -0.39 is 12.1 Å². The molecule has 0 heterocycles. The molecule has 0 aromatic heterocycles. The molecule has 1 atom stereocenters. The predicted molar refractivity (Wildman–Crippen MR) is 84.4 cm³/mol. The number of aliphatic hydroxyl groups is 1. The van der Waals surface area contributed by atoms with Crippen molar-refractivity contribution in [3.05, 3.63) is 59.7 Å². The Balaban J connectivity index is 1.81. The molecule has 1 aliphatic carbocycles. The van der Waals surface area contributed by atoms with Crippen LogP contribution in [0.25, 0.3) is 11.1 Å². The van der Waals surface area contributed by atoms with Crippen LogP contribution in [0, 0.1) is 0 Å². The fourth-order valence-electron chi connectivity index (χ4n) is 2.98. The molecular weight excluding hydrogens is 278 g/mol. The summed E-state index contributed by atoms with van der Waals surface area (Å²) >= 11 is 0. The molecule has 4 nitrogen and oxygen atoms in total. The third-order valence-corrected chi connectivity index (χ3v) is 4.07. The number of hydrogen-bond acceptors (Lipinski definition) is 4. The molecule has 1 aliphatic rings. The summed E-state index contributed by atoms with van der Waals surface area (Å²) in [6.07, 6.45) is -0.923. The largest absolute Gasteiger partial charge is 0.463 e. The highest BCUT2D eigenvalue weighted by Gasteiger charge is 2.29. The van der Waals surface area contributed by atoms with Crippen molar-refractivity contribution in [3.8, 4) is 11.1 Å². The lowest BCUT2D eigenvalue weighted by atomic mass is 9.98. The van der Waals surface area contributed by atoms with E-state index in [9.17, 15) is 9.90 Å². The highest BCUT2D eigenvalue weighted by atomic mass is 16.5. The van der Waals surface area contributed by atoms with Gasteiger partial charge in [-0.1, -0.05) is 48.5 Å². The highest BCUT2D eigenvalue weighted by Crippen LogP contribution is 2.44. The Morgan fingerprint density at radius 1 is 1.09 bits per heavy atom. The molecule has 2 aromatic carbocycles. The van der Waals surface area contributed by atoms with Gasteiger partial charge in [0.25, 0.3) is 0 Å². The van der Waals surface area contributed by atoms with E-state index in [0.717, 1.165) is 11.1 Å². The molecule has 1 unspecified atom stereocenters. The van der Waals surface area contributed by atoms with E-state index in [1.807, 2.05) is 24.3 Å². The van der Waals surface area contributed by atoms with E-state index in [2.05, 4.69) is 24.3 Å². The Hall–Kier alpha value is -2.17. The zero-order valence-corrected chi connectivity index (χ0v) is 12.2. The first-order chi connectivity index (χ1) is 10.7. The molecule has 3 rings (SSSR count). The van der Waals surface area contributed by atoms with E-state index in [1.165, 1.54) is 11.1 Å². The van der Waals surface area contributed by atoms with Crippen LogP contribution in [0.15, 0.2) is 48.5 Å². The van der Waals surface area contributed by atoms with Gasteiger partial charge in [0.1, 0.15) is 6.61 Å². The molecule has 0 spiro atoms. The normalized spacial score (nSPS) is 14.3. The zero-order chi connectivity index (χ0) is 15.5. The Morgan fingerprint density at radius 3 is 2.18 bits per heavy atom. The van der Waals surface area contributed by atoms with Gasteiger partial charge in [-0.25, -0.2) is 4.79 Å². The maximum absolute atomic E-state index is 11.8. The number of hydrogen-bond donors (Lipinski definition) is 2. The van der Waals surface area contributed by atoms with Gasteiger partial charge >= 0.3 is 5.97 Å². The first-order valence-corrected chi connectivity index (χ1v) is 7.45. The number of benzene rings is 2. The Kier molecular flexibility index (Phi) is 4.22. The van der Waals surface area contributed by atoms with Crippen molar-refractivity contribution < 1.29 is 14.6 Å². The standard InChI is InChI=1S/C18H19NO3/c19-10-9-17(20)18(21)22-11-16-14-7-3-1-5-12(14)13-6-2-4-8-15(13)16/h1-8,16-17,20H,9-11,19H2. The van der Waals surface area contributed by atoms with Crippen LogP contribution in [-0.4, -0.2) is 30.3 Å². The number of carbonyl (C=O) groups is 1.